The van der Waals surface area contributed by atoms with Crippen LogP contribution in [0.25, 0.3) is 0 Å². The molecule has 0 radical (unpaired) electrons. The predicted molar refractivity (Wildman–Crippen MR) is 74.4 cm³/mol. The molecular weight excluding hydrogens is 212 g/mol. The smallest absolute Gasteiger partial charge is 0.149 e. The van der Waals surface area contributed by atoms with E-state index in [1.54, 1.807) is 0 Å². The third kappa shape index (κ3) is 6.18. The SMILES string of the molecule is CCC(=O)C(C)N(CC)CCCN(CC)CC. The minimum Gasteiger partial charge on any atom is -0.304 e. The Morgan fingerprint density at radius 1 is 1.00 bits per heavy atom. The van der Waals surface area contributed by atoms with Crippen molar-refractivity contribution in [2.24, 2.45) is 0 Å². The van der Waals surface area contributed by atoms with E-state index in [2.05, 4.69) is 30.6 Å². The number of likely N-dealkylation sites (N-methyl/N-ethyl adjacent to an activating group) is 1. The van der Waals surface area contributed by atoms with E-state index in [0.29, 0.717) is 12.2 Å². The van der Waals surface area contributed by atoms with Gasteiger partial charge in [0.25, 0.3) is 0 Å². The van der Waals surface area contributed by atoms with Gasteiger partial charge in [-0.2, -0.15) is 0 Å². The van der Waals surface area contributed by atoms with Crippen LogP contribution in [-0.4, -0.2) is 54.3 Å². The second-order valence-corrected chi connectivity index (χ2v) is 4.50. The molecule has 0 bridgehead atoms. The summed E-state index contributed by atoms with van der Waals surface area (Å²) in [5.74, 6) is 0.356. The zero-order chi connectivity index (χ0) is 13.3. The minimum atomic E-state index is 0.0849. The molecule has 0 amide bonds. The fourth-order valence-electron chi connectivity index (χ4n) is 2.16. The average molecular weight is 242 g/mol. The fraction of sp³-hybridized carbons (Fsp3) is 0.929. The van der Waals surface area contributed by atoms with Crippen LogP contribution in [0.4, 0.5) is 0 Å². The first-order valence-corrected chi connectivity index (χ1v) is 7.09. The van der Waals surface area contributed by atoms with Crippen molar-refractivity contribution in [3.63, 3.8) is 0 Å². The van der Waals surface area contributed by atoms with Gasteiger partial charge in [0.2, 0.25) is 0 Å². The Kier molecular flexibility index (Phi) is 9.37. The van der Waals surface area contributed by atoms with Gasteiger partial charge in [0.1, 0.15) is 5.78 Å². The molecule has 0 N–H and O–H groups in total. The second-order valence-electron chi connectivity index (χ2n) is 4.50. The summed E-state index contributed by atoms with van der Waals surface area (Å²) in [5.41, 5.74) is 0. The van der Waals surface area contributed by atoms with Gasteiger partial charge >= 0.3 is 0 Å². The Balaban J connectivity index is 4.01. The van der Waals surface area contributed by atoms with Crippen molar-refractivity contribution < 1.29 is 4.79 Å². The van der Waals surface area contributed by atoms with Crippen molar-refractivity contribution >= 4 is 5.78 Å². The summed E-state index contributed by atoms with van der Waals surface area (Å²) in [6.07, 6.45) is 1.80. The lowest BCUT2D eigenvalue weighted by Crippen LogP contribution is -2.40. The monoisotopic (exact) mass is 242 g/mol. The van der Waals surface area contributed by atoms with Gasteiger partial charge in [0.15, 0.2) is 0 Å². The number of carbonyl (C=O) groups is 1. The van der Waals surface area contributed by atoms with E-state index in [0.717, 1.165) is 39.1 Å². The van der Waals surface area contributed by atoms with E-state index in [-0.39, 0.29) is 6.04 Å². The van der Waals surface area contributed by atoms with Gasteiger partial charge in [-0.05, 0) is 39.5 Å². The number of hydrogen-bond acceptors (Lipinski definition) is 3. The number of hydrogen-bond donors (Lipinski definition) is 0. The third-order valence-corrected chi connectivity index (χ3v) is 3.58. The Morgan fingerprint density at radius 3 is 2.00 bits per heavy atom. The summed E-state index contributed by atoms with van der Waals surface area (Å²) < 4.78 is 0. The van der Waals surface area contributed by atoms with Crippen LogP contribution in [0.1, 0.15) is 47.5 Å². The Labute approximate surface area is 107 Å². The van der Waals surface area contributed by atoms with Gasteiger partial charge < -0.3 is 4.90 Å². The molecule has 3 heteroatoms. The summed E-state index contributed by atoms with van der Waals surface area (Å²) in [5, 5.41) is 0. The molecule has 0 aromatic carbocycles. The molecule has 0 spiro atoms. The molecule has 1 atom stereocenters. The van der Waals surface area contributed by atoms with E-state index in [4.69, 9.17) is 0 Å². The van der Waals surface area contributed by atoms with Gasteiger partial charge in [0, 0.05) is 13.0 Å². The average Bonchev–Trinajstić information content (AvgIpc) is 2.37. The van der Waals surface area contributed by atoms with Crippen molar-refractivity contribution in [1.29, 1.82) is 0 Å². The molecule has 3 nitrogen and oxygen atoms in total. The van der Waals surface area contributed by atoms with Gasteiger partial charge in [-0.15, -0.1) is 0 Å². The maximum Gasteiger partial charge on any atom is 0.149 e. The molecule has 0 aromatic rings. The van der Waals surface area contributed by atoms with Crippen LogP contribution < -0.4 is 0 Å². The minimum absolute atomic E-state index is 0.0849. The van der Waals surface area contributed by atoms with Crippen LogP contribution in [0.2, 0.25) is 0 Å². The van der Waals surface area contributed by atoms with Crippen molar-refractivity contribution in [2.45, 2.75) is 53.5 Å². The molecule has 0 aliphatic rings. The number of ketones is 1. The van der Waals surface area contributed by atoms with Gasteiger partial charge in [-0.3, -0.25) is 9.69 Å². The topological polar surface area (TPSA) is 23.6 Å². The molecule has 0 heterocycles. The molecule has 0 aromatic heterocycles. The quantitative estimate of drug-likeness (QED) is 0.588. The zero-order valence-corrected chi connectivity index (χ0v) is 12.3. The molecule has 102 valence electrons. The standard InChI is InChI=1S/C14H30N2O/c1-6-14(17)13(5)16(9-4)12-10-11-15(7-2)8-3/h13H,6-12H2,1-5H3. The first-order chi connectivity index (χ1) is 8.10. The van der Waals surface area contributed by atoms with E-state index in [1.807, 2.05) is 13.8 Å². The molecule has 0 saturated heterocycles. The Hall–Kier alpha value is -0.410. The van der Waals surface area contributed by atoms with E-state index in [1.165, 1.54) is 0 Å². The molecular formula is C14H30N2O. The van der Waals surface area contributed by atoms with Crippen LogP contribution >= 0.6 is 0 Å². The first kappa shape index (κ1) is 16.6. The normalized spacial score (nSPS) is 13.4. The van der Waals surface area contributed by atoms with Gasteiger partial charge in [-0.25, -0.2) is 0 Å². The van der Waals surface area contributed by atoms with Crippen molar-refractivity contribution in [1.82, 2.24) is 9.80 Å². The van der Waals surface area contributed by atoms with Crippen molar-refractivity contribution in [2.75, 3.05) is 32.7 Å². The molecule has 17 heavy (non-hydrogen) atoms. The third-order valence-electron chi connectivity index (χ3n) is 3.58. The summed E-state index contributed by atoms with van der Waals surface area (Å²) >= 11 is 0. The second kappa shape index (κ2) is 9.60. The van der Waals surface area contributed by atoms with E-state index in [9.17, 15) is 4.79 Å². The predicted octanol–water partition coefficient (Wildman–Crippen LogP) is 2.41. The maximum absolute atomic E-state index is 11.7. The maximum atomic E-state index is 11.7. The van der Waals surface area contributed by atoms with Crippen molar-refractivity contribution in [3.05, 3.63) is 0 Å². The largest absolute Gasteiger partial charge is 0.304 e. The van der Waals surface area contributed by atoms with Gasteiger partial charge in [-0.1, -0.05) is 27.7 Å². The first-order valence-electron chi connectivity index (χ1n) is 7.09. The van der Waals surface area contributed by atoms with E-state index < -0.39 is 0 Å². The molecule has 0 aliphatic carbocycles. The van der Waals surface area contributed by atoms with Gasteiger partial charge in [0.05, 0.1) is 6.04 Å². The number of rotatable bonds is 10. The summed E-state index contributed by atoms with van der Waals surface area (Å²) in [6, 6.07) is 0.0849. The highest BCUT2D eigenvalue weighted by Crippen LogP contribution is 2.04. The highest BCUT2D eigenvalue weighted by Gasteiger charge is 2.17. The lowest BCUT2D eigenvalue weighted by atomic mass is 10.1. The van der Waals surface area contributed by atoms with Crippen LogP contribution in [0.15, 0.2) is 0 Å². The molecule has 0 fully saturated rings. The van der Waals surface area contributed by atoms with Crippen LogP contribution in [0, 0.1) is 0 Å². The zero-order valence-electron chi connectivity index (χ0n) is 12.3. The lowest BCUT2D eigenvalue weighted by Gasteiger charge is -2.27. The van der Waals surface area contributed by atoms with Crippen molar-refractivity contribution in [3.8, 4) is 0 Å². The van der Waals surface area contributed by atoms with Crippen LogP contribution in [0.3, 0.4) is 0 Å². The van der Waals surface area contributed by atoms with E-state index >= 15 is 0 Å². The molecule has 0 rings (SSSR count). The summed E-state index contributed by atoms with van der Waals surface area (Å²) in [7, 11) is 0. The Morgan fingerprint density at radius 2 is 1.59 bits per heavy atom. The number of nitrogens with zero attached hydrogens (tertiary/aromatic N) is 2. The molecule has 1 unspecified atom stereocenters. The number of Topliss-reactive ketones (excluding diaryl/α,β-unsaturated/α-hetero) is 1. The van der Waals surface area contributed by atoms with Crippen LogP contribution in [-0.2, 0) is 4.79 Å². The highest BCUT2D eigenvalue weighted by molar-refractivity contribution is 5.83. The Bertz CT molecular complexity index is 202. The lowest BCUT2D eigenvalue weighted by molar-refractivity contribution is -0.123. The molecule has 0 saturated carbocycles. The fourth-order valence-corrected chi connectivity index (χ4v) is 2.16. The molecule has 0 aliphatic heterocycles. The number of carbonyl (C=O) groups excluding carboxylic acids is 1. The summed E-state index contributed by atoms with van der Waals surface area (Å²) in [4.78, 5) is 16.4. The van der Waals surface area contributed by atoms with Crippen LogP contribution in [0.5, 0.6) is 0 Å². The highest BCUT2D eigenvalue weighted by atomic mass is 16.1. The summed E-state index contributed by atoms with van der Waals surface area (Å²) in [6.45, 7) is 15.9.